The summed E-state index contributed by atoms with van der Waals surface area (Å²) in [5, 5.41) is 37.5. The molecule has 8 atom stereocenters. The van der Waals surface area contributed by atoms with E-state index in [2.05, 4.69) is 31.9 Å². The second kappa shape index (κ2) is 30.1. The van der Waals surface area contributed by atoms with E-state index in [0.29, 0.717) is 17.5 Å². The molecule has 0 aromatic heterocycles. The molecule has 6 amide bonds. The van der Waals surface area contributed by atoms with Gasteiger partial charge in [0.1, 0.15) is 42.9 Å². The van der Waals surface area contributed by atoms with Gasteiger partial charge in [-0.25, -0.2) is 9.59 Å². The molecule has 430 valence electrons. The summed E-state index contributed by atoms with van der Waals surface area (Å²) in [6.45, 7) is 9.40. The summed E-state index contributed by atoms with van der Waals surface area (Å²) in [7, 11) is -2.38. The fourth-order valence-corrected chi connectivity index (χ4v) is 14.5. The first-order valence-corrected chi connectivity index (χ1v) is 29.0. The zero-order valence-electron chi connectivity index (χ0n) is 45.8. The maximum Gasteiger partial charge on any atom is 0.408 e. The van der Waals surface area contributed by atoms with Gasteiger partial charge in [-0.15, -0.1) is 0 Å². The van der Waals surface area contributed by atoms with Gasteiger partial charge in [-0.3, -0.25) is 38.9 Å². The summed E-state index contributed by atoms with van der Waals surface area (Å²) in [6, 6.07) is 23.4. The van der Waals surface area contributed by atoms with Gasteiger partial charge >= 0.3 is 18.0 Å². The molecule has 1 fully saturated rings. The number of amides is 6. The van der Waals surface area contributed by atoms with Gasteiger partial charge < -0.3 is 55.6 Å². The number of nitro benzene ring substituents is 1. The molecular formula is C56H71N7O15SSi. The van der Waals surface area contributed by atoms with Gasteiger partial charge in [0.2, 0.25) is 29.5 Å². The van der Waals surface area contributed by atoms with Crippen LogP contribution in [0.1, 0.15) is 71.9 Å². The van der Waals surface area contributed by atoms with Crippen LogP contribution in [0.5, 0.6) is 0 Å². The average Bonchev–Trinajstić information content (AvgIpc) is 3.63. The maximum absolute atomic E-state index is 15.2. The molecule has 0 spiro atoms. The summed E-state index contributed by atoms with van der Waals surface area (Å²) in [4.78, 5) is 123. The summed E-state index contributed by atoms with van der Waals surface area (Å²) >= 11 is 0.898. The third-order valence-electron chi connectivity index (χ3n) is 13.5. The van der Waals surface area contributed by atoms with Crippen LogP contribution in [0.25, 0.3) is 0 Å². The molecular weight excluding hydrogens is 1070 g/mol. The van der Waals surface area contributed by atoms with Crippen LogP contribution >= 0.6 is 11.8 Å². The fourth-order valence-electron chi connectivity index (χ4n) is 8.81. The summed E-state index contributed by atoms with van der Waals surface area (Å²) in [6.07, 6.45) is -1.56. The number of hydrogen-bond acceptors (Lipinski definition) is 15. The number of benzene rings is 4. The first-order valence-electron chi connectivity index (χ1n) is 26.0. The van der Waals surface area contributed by atoms with Gasteiger partial charge in [0.25, 0.3) is 14.0 Å². The standard InChI is InChI=1S/C56H71N7O15SSi/c1-8-35(2)47-52(68)60-45(54(70)71)34-79-36(3)48(62-55(72)77-31-37-18-12-9-13-19-37)53(69)59-44(33-78-80(56(4,5)6,40-20-14-10-15-21-40)41-22-16-11-17-23-41)50(66)57-42(28-29-46(64)75-7)49(65)58-43(51(67)61-47)32-76-30-38-24-26-39(27-25-38)63(73)74/h9-27,35-36,42-45,47-48H,8,28-34H2,1-7H3,(H,57,66)(H,58,65)(H,59,69)(H,60,68)(H,61,67)(H,62,72)(H,70,71)/t35-,36-,42-,43-,44-,45-,47-,48+/m0/s1. The molecule has 1 aliphatic heterocycles. The van der Waals surface area contributed by atoms with Crippen molar-refractivity contribution in [3.05, 3.63) is 137 Å². The molecule has 4 aromatic carbocycles. The van der Waals surface area contributed by atoms with Crippen molar-refractivity contribution in [3.63, 3.8) is 0 Å². The van der Waals surface area contributed by atoms with Crippen molar-refractivity contribution in [2.45, 2.75) is 121 Å². The molecule has 0 radical (unpaired) electrons. The van der Waals surface area contributed by atoms with E-state index in [1.165, 1.54) is 31.2 Å². The number of rotatable bonds is 19. The number of non-ortho nitro benzene ring substituents is 1. The topological polar surface area (TPSA) is 309 Å². The molecule has 24 heteroatoms. The first kappa shape index (κ1) is 63.2. The molecule has 0 aliphatic carbocycles. The summed E-state index contributed by atoms with van der Waals surface area (Å²) < 4.78 is 23.5. The van der Waals surface area contributed by atoms with E-state index in [4.69, 9.17) is 18.6 Å². The van der Waals surface area contributed by atoms with Crippen LogP contribution in [0.3, 0.4) is 0 Å². The van der Waals surface area contributed by atoms with Crippen molar-refractivity contribution >= 4 is 83.7 Å². The third kappa shape index (κ3) is 17.7. The Labute approximate surface area is 469 Å². The van der Waals surface area contributed by atoms with Gasteiger partial charge in [-0.1, -0.05) is 139 Å². The Morgan fingerprint density at radius 2 is 1.26 bits per heavy atom. The lowest BCUT2D eigenvalue weighted by Gasteiger charge is -2.43. The lowest BCUT2D eigenvalue weighted by Crippen LogP contribution is -2.68. The number of carbonyl (C=O) groups excluding carboxylic acids is 7. The molecule has 22 nitrogen and oxygen atoms in total. The molecule has 1 saturated heterocycles. The minimum absolute atomic E-state index is 0.181. The Kier molecular flexibility index (Phi) is 23.7. The van der Waals surface area contributed by atoms with Crippen LogP contribution in [0.4, 0.5) is 10.5 Å². The van der Waals surface area contributed by atoms with Gasteiger partial charge in [0.05, 0.1) is 31.9 Å². The lowest BCUT2D eigenvalue weighted by molar-refractivity contribution is -0.384. The van der Waals surface area contributed by atoms with E-state index in [9.17, 15) is 44.0 Å². The Balaban J connectivity index is 1.63. The van der Waals surface area contributed by atoms with E-state index in [0.717, 1.165) is 29.2 Å². The van der Waals surface area contributed by atoms with E-state index >= 15 is 9.59 Å². The van der Waals surface area contributed by atoms with Crippen LogP contribution in [-0.2, 0) is 65.4 Å². The number of methoxy groups -OCH3 is 1. The monoisotopic (exact) mass is 1140 g/mol. The molecule has 80 heavy (non-hydrogen) atoms. The number of hydrogen-bond donors (Lipinski definition) is 7. The molecule has 0 saturated carbocycles. The van der Waals surface area contributed by atoms with E-state index < -0.39 is 139 Å². The minimum Gasteiger partial charge on any atom is -0.480 e. The molecule has 0 unspecified atom stereocenters. The largest absolute Gasteiger partial charge is 0.480 e. The maximum atomic E-state index is 15.2. The van der Waals surface area contributed by atoms with Crippen LogP contribution < -0.4 is 42.3 Å². The number of ether oxygens (including phenoxy) is 3. The van der Waals surface area contributed by atoms with Gasteiger partial charge in [-0.05, 0) is 51.0 Å². The number of nitrogens with one attached hydrogen (secondary N) is 6. The van der Waals surface area contributed by atoms with Crippen molar-refractivity contribution < 1.29 is 67.0 Å². The molecule has 1 heterocycles. The average molecular weight is 1140 g/mol. The number of carboxylic acid groups (broad SMARTS) is 1. The quantitative estimate of drug-likeness (QED) is 0.0305. The van der Waals surface area contributed by atoms with Crippen LogP contribution in [-0.4, -0.2) is 133 Å². The number of carbonyl (C=O) groups is 8. The van der Waals surface area contributed by atoms with Gasteiger partial charge in [0, 0.05) is 29.6 Å². The number of nitrogens with zero attached hydrogens (tertiary/aromatic N) is 1. The predicted octanol–water partition coefficient (Wildman–Crippen LogP) is 3.63. The Morgan fingerprint density at radius 3 is 1.81 bits per heavy atom. The fraction of sp³-hybridized carbons (Fsp3) is 0.429. The normalized spacial score (nSPS) is 21.3. The molecule has 1 aliphatic rings. The molecule has 5 rings (SSSR count). The van der Waals surface area contributed by atoms with Crippen LogP contribution in [0.15, 0.2) is 115 Å². The van der Waals surface area contributed by atoms with E-state index in [-0.39, 0.29) is 24.7 Å². The zero-order valence-corrected chi connectivity index (χ0v) is 47.6. The zero-order chi connectivity index (χ0) is 58.6. The van der Waals surface area contributed by atoms with Crippen LogP contribution in [0, 0.1) is 16.0 Å². The number of aliphatic carboxylic acids is 1. The highest BCUT2D eigenvalue weighted by Gasteiger charge is 2.51. The first-order chi connectivity index (χ1) is 38.1. The summed E-state index contributed by atoms with van der Waals surface area (Å²) in [5.41, 5.74) is 0.908. The minimum atomic E-state index is -3.51. The highest BCUT2D eigenvalue weighted by molar-refractivity contribution is 8.00. The number of thioether (sulfide) groups is 1. The Hall–Kier alpha value is -7.67. The highest BCUT2D eigenvalue weighted by atomic mass is 32.2. The van der Waals surface area contributed by atoms with Crippen molar-refractivity contribution in [2.24, 2.45) is 5.92 Å². The third-order valence-corrected chi connectivity index (χ3v) is 19.8. The highest BCUT2D eigenvalue weighted by Crippen LogP contribution is 2.37. The van der Waals surface area contributed by atoms with Crippen LogP contribution in [0.2, 0.25) is 5.04 Å². The SMILES string of the molecule is CC[C@H](C)[C@@H]1NC(=O)[C@H](COCc2ccc([N+](=O)[O-])cc2)NC(=O)[C@H](CCC(=O)OC)NC(=O)[C@H](CO[Si](c2ccccc2)(c2ccccc2)C(C)(C)C)NC(=O)[C@H](NC(=O)OCc2ccccc2)[C@H](C)SC[C@@H](C(=O)O)NC1=O. The smallest absolute Gasteiger partial charge is 0.408 e. The van der Waals surface area contributed by atoms with E-state index in [1.54, 1.807) is 44.2 Å². The molecule has 7 N–H and O–H groups in total. The summed E-state index contributed by atoms with van der Waals surface area (Å²) in [5.74, 6) is -8.02. The lowest BCUT2D eigenvalue weighted by atomic mass is 9.97. The van der Waals surface area contributed by atoms with Crippen molar-refractivity contribution in [1.29, 1.82) is 0 Å². The van der Waals surface area contributed by atoms with Gasteiger partial charge in [-0.2, -0.15) is 11.8 Å². The van der Waals surface area contributed by atoms with Crippen molar-refractivity contribution in [1.82, 2.24) is 31.9 Å². The van der Waals surface area contributed by atoms with E-state index in [1.807, 2.05) is 81.4 Å². The number of carboxylic acids is 1. The number of esters is 1. The number of alkyl carbamates (subject to hydrolysis) is 1. The second-order valence-electron chi connectivity index (χ2n) is 20.2. The van der Waals surface area contributed by atoms with Crippen molar-refractivity contribution in [2.75, 3.05) is 26.1 Å². The number of nitro groups is 1. The Bertz CT molecular complexity index is 2720. The molecule has 4 aromatic rings. The Morgan fingerprint density at radius 1 is 0.738 bits per heavy atom. The van der Waals surface area contributed by atoms with Gasteiger partial charge in [0.15, 0.2) is 0 Å². The second-order valence-corrected chi connectivity index (χ2v) is 25.9. The van der Waals surface area contributed by atoms with Crippen molar-refractivity contribution in [3.8, 4) is 0 Å². The molecule has 0 bridgehead atoms. The predicted molar refractivity (Wildman–Crippen MR) is 300 cm³/mol.